The van der Waals surface area contributed by atoms with Crippen molar-refractivity contribution in [2.24, 2.45) is 0 Å². The second kappa shape index (κ2) is 5.11. The molecule has 1 aromatic heterocycles. The SMILES string of the molecule is C[C@@H](Cn1ccc2c(Cl)c(F)ccc21)OS(C)(=O)=O. The molecule has 1 aromatic carbocycles. The van der Waals surface area contributed by atoms with Gasteiger partial charge in [0.2, 0.25) is 0 Å². The molecule has 1 atom stereocenters. The van der Waals surface area contributed by atoms with Gasteiger partial charge in [-0.15, -0.1) is 0 Å². The maximum Gasteiger partial charge on any atom is 0.264 e. The van der Waals surface area contributed by atoms with E-state index in [1.807, 2.05) is 0 Å². The molecule has 2 aromatic rings. The summed E-state index contributed by atoms with van der Waals surface area (Å²) in [4.78, 5) is 0. The average Bonchev–Trinajstić information content (AvgIpc) is 2.65. The van der Waals surface area contributed by atoms with Gasteiger partial charge in [-0.3, -0.25) is 4.18 Å². The van der Waals surface area contributed by atoms with Crippen LogP contribution in [-0.4, -0.2) is 25.3 Å². The zero-order valence-corrected chi connectivity index (χ0v) is 12.0. The number of nitrogens with zero attached hydrogens (tertiary/aromatic N) is 1. The molecular formula is C12H13ClFNO3S. The molecule has 0 amide bonds. The molecule has 19 heavy (non-hydrogen) atoms. The summed E-state index contributed by atoms with van der Waals surface area (Å²) in [6.45, 7) is 1.98. The zero-order valence-electron chi connectivity index (χ0n) is 10.4. The highest BCUT2D eigenvalue weighted by atomic mass is 35.5. The summed E-state index contributed by atoms with van der Waals surface area (Å²) in [6.07, 6.45) is 2.20. The minimum Gasteiger partial charge on any atom is -0.345 e. The molecule has 7 heteroatoms. The van der Waals surface area contributed by atoms with Crippen molar-refractivity contribution >= 4 is 32.6 Å². The topological polar surface area (TPSA) is 48.3 Å². The molecule has 0 bridgehead atoms. The van der Waals surface area contributed by atoms with E-state index in [9.17, 15) is 12.8 Å². The van der Waals surface area contributed by atoms with E-state index in [-0.39, 0.29) is 5.02 Å². The molecular weight excluding hydrogens is 293 g/mol. The van der Waals surface area contributed by atoms with Gasteiger partial charge in [-0.2, -0.15) is 8.42 Å². The van der Waals surface area contributed by atoms with E-state index in [2.05, 4.69) is 0 Å². The highest BCUT2D eigenvalue weighted by Crippen LogP contribution is 2.27. The van der Waals surface area contributed by atoms with Gasteiger partial charge in [-0.05, 0) is 25.1 Å². The third-order valence-electron chi connectivity index (χ3n) is 2.63. The van der Waals surface area contributed by atoms with Gasteiger partial charge < -0.3 is 4.57 Å². The average molecular weight is 306 g/mol. The lowest BCUT2D eigenvalue weighted by molar-refractivity contribution is 0.211. The predicted octanol–water partition coefficient (Wildman–Crippen LogP) is 2.80. The highest BCUT2D eigenvalue weighted by Gasteiger charge is 2.14. The van der Waals surface area contributed by atoms with Crippen LogP contribution in [0.1, 0.15) is 6.92 Å². The zero-order chi connectivity index (χ0) is 14.2. The minimum atomic E-state index is -3.49. The summed E-state index contributed by atoms with van der Waals surface area (Å²) in [6, 6.07) is 4.57. The van der Waals surface area contributed by atoms with Crippen LogP contribution in [0.15, 0.2) is 24.4 Å². The van der Waals surface area contributed by atoms with Crippen LogP contribution in [0, 0.1) is 5.82 Å². The molecule has 0 N–H and O–H groups in total. The number of hydrogen-bond donors (Lipinski definition) is 0. The second-order valence-corrected chi connectivity index (χ2v) is 6.35. The summed E-state index contributed by atoms with van der Waals surface area (Å²) in [5, 5.41) is 0.654. The van der Waals surface area contributed by atoms with Crippen molar-refractivity contribution < 1.29 is 17.0 Å². The Kier molecular flexibility index (Phi) is 3.85. The largest absolute Gasteiger partial charge is 0.345 e. The van der Waals surface area contributed by atoms with Crippen LogP contribution in [-0.2, 0) is 20.8 Å². The van der Waals surface area contributed by atoms with Crippen molar-refractivity contribution in [3.05, 3.63) is 35.2 Å². The van der Waals surface area contributed by atoms with E-state index in [0.29, 0.717) is 11.9 Å². The second-order valence-electron chi connectivity index (χ2n) is 4.37. The van der Waals surface area contributed by atoms with Gasteiger partial charge >= 0.3 is 0 Å². The van der Waals surface area contributed by atoms with E-state index in [1.165, 1.54) is 6.07 Å². The number of rotatable bonds is 4. The highest BCUT2D eigenvalue weighted by molar-refractivity contribution is 7.86. The summed E-state index contributed by atoms with van der Waals surface area (Å²) < 4.78 is 42.0. The van der Waals surface area contributed by atoms with Crippen molar-refractivity contribution in [2.75, 3.05) is 6.26 Å². The van der Waals surface area contributed by atoms with E-state index in [4.69, 9.17) is 15.8 Å². The predicted molar refractivity (Wildman–Crippen MR) is 72.3 cm³/mol. The van der Waals surface area contributed by atoms with Crippen LogP contribution in [0.2, 0.25) is 5.02 Å². The maximum atomic E-state index is 13.3. The Morgan fingerprint density at radius 1 is 1.42 bits per heavy atom. The lowest BCUT2D eigenvalue weighted by atomic mass is 10.2. The Bertz CT molecular complexity index is 711. The first-order valence-electron chi connectivity index (χ1n) is 5.59. The third-order valence-corrected chi connectivity index (χ3v) is 3.70. The van der Waals surface area contributed by atoms with Gasteiger partial charge in [0.1, 0.15) is 5.82 Å². The Balaban J connectivity index is 2.30. The number of fused-ring (bicyclic) bond motifs is 1. The number of aromatic nitrogens is 1. The molecule has 0 aliphatic carbocycles. The first-order valence-corrected chi connectivity index (χ1v) is 7.78. The molecule has 0 fully saturated rings. The molecule has 2 rings (SSSR count). The van der Waals surface area contributed by atoms with Crippen LogP contribution in [0.25, 0.3) is 10.9 Å². The lowest BCUT2D eigenvalue weighted by Crippen LogP contribution is -2.19. The monoisotopic (exact) mass is 305 g/mol. The molecule has 0 saturated heterocycles. The van der Waals surface area contributed by atoms with Crippen molar-refractivity contribution in [1.29, 1.82) is 0 Å². The first-order chi connectivity index (χ1) is 8.78. The quantitative estimate of drug-likeness (QED) is 0.816. The van der Waals surface area contributed by atoms with E-state index >= 15 is 0 Å². The Hall–Kier alpha value is -1.11. The number of hydrogen-bond acceptors (Lipinski definition) is 3. The molecule has 0 unspecified atom stereocenters. The summed E-state index contributed by atoms with van der Waals surface area (Å²) in [5.41, 5.74) is 0.732. The van der Waals surface area contributed by atoms with E-state index < -0.39 is 22.0 Å². The summed E-state index contributed by atoms with van der Waals surface area (Å²) in [7, 11) is -3.49. The van der Waals surface area contributed by atoms with Gasteiger partial charge in [-0.25, -0.2) is 4.39 Å². The molecule has 0 saturated carbocycles. The lowest BCUT2D eigenvalue weighted by Gasteiger charge is -2.13. The Morgan fingerprint density at radius 2 is 2.11 bits per heavy atom. The first kappa shape index (κ1) is 14.3. The van der Waals surface area contributed by atoms with Crippen LogP contribution < -0.4 is 0 Å². The Morgan fingerprint density at radius 3 is 2.74 bits per heavy atom. The molecule has 0 spiro atoms. The molecule has 104 valence electrons. The van der Waals surface area contributed by atoms with Gasteiger partial charge in [0.05, 0.1) is 23.9 Å². The number of halogens is 2. The van der Waals surface area contributed by atoms with Crippen LogP contribution in [0.4, 0.5) is 4.39 Å². The fourth-order valence-electron chi connectivity index (χ4n) is 1.97. The fraction of sp³-hybridized carbons (Fsp3) is 0.333. The molecule has 0 aliphatic heterocycles. The fourth-order valence-corrected chi connectivity index (χ4v) is 2.86. The Labute approximate surface area is 115 Å². The normalized spacial score (nSPS) is 13.9. The van der Waals surface area contributed by atoms with Gasteiger partial charge in [0.25, 0.3) is 10.1 Å². The maximum absolute atomic E-state index is 13.3. The minimum absolute atomic E-state index is 0.0629. The number of benzene rings is 1. The van der Waals surface area contributed by atoms with Crippen molar-refractivity contribution in [1.82, 2.24) is 4.57 Å². The summed E-state index contributed by atoms with van der Waals surface area (Å²) >= 11 is 5.87. The molecule has 0 aliphatic rings. The van der Waals surface area contributed by atoms with Crippen molar-refractivity contribution in [3.8, 4) is 0 Å². The summed E-state index contributed by atoms with van der Waals surface area (Å²) in [5.74, 6) is -0.479. The molecule has 0 radical (unpaired) electrons. The van der Waals surface area contributed by atoms with Gasteiger partial charge in [0, 0.05) is 17.1 Å². The smallest absolute Gasteiger partial charge is 0.264 e. The van der Waals surface area contributed by atoms with Crippen LogP contribution in [0.5, 0.6) is 0 Å². The third kappa shape index (κ3) is 3.26. The van der Waals surface area contributed by atoms with Crippen molar-refractivity contribution in [3.63, 3.8) is 0 Å². The standard InChI is InChI=1S/C12H13ClFNO3S/c1-8(18-19(2,16)17)7-15-6-5-9-11(15)4-3-10(14)12(9)13/h3-6,8H,7H2,1-2H3/t8-/m0/s1. The van der Waals surface area contributed by atoms with E-state index in [1.54, 1.807) is 29.8 Å². The van der Waals surface area contributed by atoms with Gasteiger partial charge in [0.15, 0.2) is 0 Å². The van der Waals surface area contributed by atoms with Gasteiger partial charge in [-0.1, -0.05) is 11.6 Å². The van der Waals surface area contributed by atoms with E-state index in [0.717, 1.165) is 11.8 Å². The van der Waals surface area contributed by atoms with Crippen LogP contribution >= 0.6 is 11.6 Å². The molecule has 1 heterocycles. The molecule has 4 nitrogen and oxygen atoms in total. The van der Waals surface area contributed by atoms with Crippen LogP contribution in [0.3, 0.4) is 0 Å². The van der Waals surface area contributed by atoms with Crippen molar-refractivity contribution in [2.45, 2.75) is 19.6 Å².